The second-order valence-electron chi connectivity index (χ2n) is 9.54. The van der Waals surface area contributed by atoms with Crippen LogP contribution in [0.3, 0.4) is 0 Å². The van der Waals surface area contributed by atoms with E-state index in [1.165, 1.54) is 16.5 Å². The smallest absolute Gasteiger partial charge is 0.256 e. The summed E-state index contributed by atoms with van der Waals surface area (Å²) in [4.78, 5) is 25.7. The Balaban J connectivity index is 1.56. The summed E-state index contributed by atoms with van der Waals surface area (Å²) in [7, 11) is 5.22. The topological polar surface area (TPSA) is 63.5 Å². The highest BCUT2D eigenvalue weighted by molar-refractivity contribution is 5.94. The minimum Gasteiger partial charge on any atom is -0.497 e. The van der Waals surface area contributed by atoms with Gasteiger partial charge in [-0.2, -0.15) is 0 Å². The number of carbonyl (C=O) groups is 1. The lowest BCUT2D eigenvalue weighted by Crippen LogP contribution is -2.34. The summed E-state index contributed by atoms with van der Waals surface area (Å²) < 4.78 is 7.84. The first-order valence-electron chi connectivity index (χ1n) is 11.7. The molecule has 0 unspecified atom stereocenters. The van der Waals surface area contributed by atoms with E-state index in [2.05, 4.69) is 46.6 Å². The molecule has 3 aromatic rings. The van der Waals surface area contributed by atoms with E-state index in [-0.39, 0.29) is 11.8 Å². The van der Waals surface area contributed by atoms with Gasteiger partial charge in [-0.05, 0) is 63.9 Å². The fourth-order valence-electron chi connectivity index (χ4n) is 4.77. The highest BCUT2D eigenvalue weighted by Gasteiger charge is 2.26. The van der Waals surface area contributed by atoms with Crippen LogP contribution in [0.1, 0.15) is 66.1 Å². The third-order valence-corrected chi connectivity index (χ3v) is 6.58. The molecule has 1 saturated heterocycles. The Hall–Kier alpha value is -2.93. The minimum absolute atomic E-state index is 0.0544. The van der Waals surface area contributed by atoms with Crippen molar-refractivity contribution in [2.24, 2.45) is 0 Å². The number of fused-ring (bicyclic) bond motifs is 1. The summed E-state index contributed by atoms with van der Waals surface area (Å²) in [5.41, 5.74) is 3.89. The molecule has 0 bridgehead atoms. The average molecular weight is 450 g/mol. The Bertz CT molecular complexity index is 1150. The molecule has 7 heteroatoms. The van der Waals surface area contributed by atoms with Gasteiger partial charge in [0.2, 0.25) is 0 Å². The molecule has 33 heavy (non-hydrogen) atoms. The summed E-state index contributed by atoms with van der Waals surface area (Å²) in [6.07, 6.45) is 6.16. The van der Waals surface area contributed by atoms with E-state index in [0.717, 1.165) is 49.7 Å². The normalized spacial score (nSPS) is 17.0. The standard InChI is InChI=1S/C26H35N5O2/c1-17(2)31-16-20(22-12-21(33-6)9-10-24(22)31)15-30-11-7-8-19(14-30)25-27-13-23(18(3)28-25)26(32)29(4)5/h9-10,12-13,16-17,19H,7-8,11,14-15H2,1-6H3/t19-/m1/s1. The molecule has 1 fully saturated rings. The van der Waals surface area contributed by atoms with Gasteiger partial charge in [0.05, 0.1) is 18.4 Å². The molecule has 0 N–H and O–H groups in total. The molecule has 7 nitrogen and oxygen atoms in total. The monoisotopic (exact) mass is 449 g/mol. The zero-order valence-corrected chi connectivity index (χ0v) is 20.6. The Morgan fingerprint density at radius 3 is 2.76 bits per heavy atom. The van der Waals surface area contributed by atoms with Crippen molar-refractivity contribution in [3.63, 3.8) is 0 Å². The second-order valence-corrected chi connectivity index (χ2v) is 9.54. The fraction of sp³-hybridized carbons (Fsp3) is 0.500. The molecule has 1 aliphatic heterocycles. The fourth-order valence-corrected chi connectivity index (χ4v) is 4.77. The third kappa shape index (κ3) is 4.74. The van der Waals surface area contributed by atoms with E-state index in [4.69, 9.17) is 9.72 Å². The number of aryl methyl sites for hydroxylation is 1. The lowest BCUT2D eigenvalue weighted by Gasteiger charge is -2.32. The van der Waals surface area contributed by atoms with Crippen molar-refractivity contribution in [2.75, 3.05) is 34.3 Å². The number of hydrogen-bond donors (Lipinski definition) is 0. The first-order valence-corrected chi connectivity index (χ1v) is 11.7. The molecule has 3 heterocycles. The van der Waals surface area contributed by atoms with Crippen LogP contribution in [0.25, 0.3) is 10.9 Å². The highest BCUT2D eigenvalue weighted by Crippen LogP contribution is 2.31. The van der Waals surface area contributed by atoms with Gasteiger partial charge in [-0.25, -0.2) is 9.97 Å². The van der Waals surface area contributed by atoms with Crippen LogP contribution in [0.5, 0.6) is 5.75 Å². The van der Waals surface area contributed by atoms with Gasteiger partial charge < -0.3 is 14.2 Å². The highest BCUT2D eigenvalue weighted by atomic mass is 16.5. The molecule has 0 aliphatic carbocycles. The minimum atomic E-state index is -0.0544. The van der Waals surface area contributed by atoms with E-state index >= 15 is 0 Å². The van der Waals surface area contributed by atoms with Crippen molar-refractivity contribution in [3.8, 4) is 5.75 Å². The Kier molecular flexibility index (Phi) is 6.70. The number of aromatic nitrogens is 3. The number of nitrogens with zero attached hydrogens (tertiary/aromatic N) is 5. The van der Waals surface area contributed by atoms with Crippen LogP contribution in [0.15, 0.2) is 30.6 Å². The van der Waals surface area contributed by atoms with Gasteiger partial charge in [0.25, 0.3) is 5.91 Å². The van der Waals surface area contributed by atoms with E-state index in [9.17, 15) is 4.79 Å². The first kappa shape index (κ1) is 23.2. The van der Waals surface area contributed by atoms with Gasteiger partial charge in [0.1, 0.15) is 11.6 Å². The van der Waals surface area contributed by atoms with Crippen molar-refractivity contribution in [1.29, 1.82) is 0 Å². The van der Waals surface area contributed by atoms with Crippen LogP contribution in [0.2, 0.25) is 0 Å². The zero-order valence-electron chi connectivity index (χ0n) is 20.6. The molecule has 0 saturated carbocycles. The number of carbonyl (C=O) groups excluding carboxylic acids is 1. The van der Waals surface area contributed by atoms with Crippen molar-refractivity contribution < 1.29 is 9.53 Å². The number of amides is 1. The maximum absolute atomic E-state index is 12.3. The van der Waals surface area contributed by atoms with Crippen molar-refractivity contribution in [2.45, 2.75) is 52.1 Å². The van der Waals surface area contributed by atoms with Crippen LogP contribution >= 0.6 is 0 Å². The summed E-state index contributed by atoms with van der Waals surface area (Å²) in [6.45, 7) is 9.19. The number of benzene rings is 1. The lowest BCUT2D eigenvalue weighted by molar-refractivity contribution is 0.0825. The number of methoxy groups -OCH3 is 1. The Morgan fingerprint density at radius 1 is 1.30 bits per heavy atom. The van der Waals surface area contributed by atoms with E-state index in [1.807, 2.05) is 13.0 Å². The molecular weight excluding hydrogens is 414 g/mol. The number of piperidine rings is 1. The number of hydrogen-bond acceptors (Lipinski definition) is 5. The van der Waals surface area contributed by atoms with Crippen LogP contribution in [0, 0.1) is 6.92 Å². The number of ether oxygens (including phenoxy) is 1. The van der Waals surface area contributed by atoms with E-state index in [1.54, 1.807) is 32.3 Å². The van der Waals surface area contributed by atoms with Gasteiger partial charge in [-0.15, -0.1) is 0 Å². The SMILES string of the molecule is COc1ccc2c(c1)c(CN1CCC[C@@H](c3ncc(C(=O)N(C)C)c(C)n3)C1)cn2C(C)C. The molecule has 4 rings (SSSR count). The summed E-state index contributed by atoms with van der Waals surface area (Å²) in [5.74, 6) is 1.95. The average Bonchev–Trinajstić information content (AvgIpc) is 3.16. The van der Waals surface area contributed by atoms with Crippen LogP contribution in [0.4, 0.5) is 0 Å². The molecule has 2 aromatic heterocycles. The molecule has 1 aromatic carbocycles. The lowest BCUT2D eigenvalue weighted by atomic mass is 9.96. The van der Waals surface area contributed by atoms with Crippen molar-refractivity contribution >= 4 is 16.8 Å². The maximum atomic E-state index is 12.3. The predicted octanol–water partition coefficient (Wildman–Crippen LogP) is 4.41. The number of likely N-dealkylation sites (tertiary alicyclic amines) is 1. The molecule has 1 atom stereocenters. The van der Waals surface area contributed by atoms with Crippen LogP contribution < -0.4 is 4.74 Å². The van der Waals surface area contributed by atoms with Gasteiger partial charge in [0, 0.05) is 62.4 Å². The summed E-state index contributed by atoms with van der Waals surface area (Å²) in [6, 6.07) is 6.73. The van der Waals surface area contributed by atoms with Crippen LogP contribution in [-0.4, -0.2) is 64.5 Å². The second kappa shape index (κ2) is 9.51. The van der Waals surface area contributed by atoms with Gasteiger partial charge in [-0.1, -0.05) is 0 Å². The first-order chi connectivity index (χ1) is 15.8. The summed E-state index contributed by atoms with van der Waals surface area (Å²) >= 11 is 0. The van der Waals surface area contributed by atoms with Crippen LogP contribution in [-0.2, 0) is 6.54 Å². The molecule has 1 aliphatic rings. The van der Waals surface area contributed by atoms with Crippen molar-refractivity contribution in [1.82, 2.24) is 24.3 Å². The van der Waals surface area contributed by atoms with E-state index < -0.39 is 0 Å². The molecular formula is C26H35N5O2. The maximum Gasteiger partial charge on any atom is 0.256 e. The third-order valence-electron chi connectivity index (χ3n) is 6.58. The van der Waals surface area contributed by atoms with Gasteiger partial charge in [-0.3, -0.25) is 9.69 Å². The Labute approximate surface area is 196 Å². The van der Waals surface area contributed by atoms with Gasteiger partial charge in [0.15, 0.2) is 0 Å². The van der Waals surface area contributed by atoms with Gasteiger partial charge >= 0.3 is 0 Å². The predicted molar refractivity (Wildman–Crippen MR) is 131 cm³/mol. The Morgan fingerprint density at radius 2 is 2.09 bits per heavy atom. The molecule has 1 amide bonds. The molecule has 0 spiro atoms. The molecule has 0 radical (unpaired) electrons. The molecule has 176 valence electrons. The number of rotatable bonds is 6. The summed E-state index contributed by atoms with van der Waals surface area (Å²) in [5, 5.41) is 1.25. The zero-order chi connectivity index (χ0) is 23.7. The van der Waals surface area contributed by atoms with Crippen molar-refractivity contribution in [3.05, 3.63) is 53.2 Å². The quantitative estimate of drug-likeness (QED) is 0.558. The van der Waals surface area contributed by atoms with E-state index in [0.29, 0.717) is 11.6 Å². The largest absolute Gasteiger partial charge is 0.497 e.